The number of hydrogen-bond donors (Lipinski definition) is 1. The molecule has 1 N–H and O–H groups in total. The van der Waals surface area contributed by atoms with Crippen molar-refractivity contribution in [2.75, 3.05) is 46.4 Å². The molecule has 0 bridgehead atoms. The molecular formula is C17H24ClN3O4. The molecule has 138 valence electrons. The fourth-order valence-electron chi connectivity index (χ4n) is 2.62. The zero-order valence-corrected chi connectivity index (χ0v) is 15.3. The summed E-state index contributed by atoms with van der Waals surface area (Å²) in [5, 5.41) is 2.90. The van der Waals surface area contributed by atoms with E-state index in [-0.39, 0.29) is 11.9 Å². The first-order valence-electron chi connectivity index (χ1n) is 8.23. The van der Waals surface area contributed by atoms with E-state index in [1.165, 1.54) is 7.11 Å². The van der Waals surface area contributed by atoms with Crippen molar-refractivity contribution in [2.45, 2.75) is 13.0 Å². The van der Waals surface area contributed by atoms with E-state index >= 15 is 0 Å². The fraction of sp³-hybridized carbons (Fsp3) is 0.529. The number of carbonyl (C=O) groups excluding carboxylic acids is 2. The van der Waals surface area contributed by atoms with Gasteiger partial charge in [0.2, 0.25) is 5.91 Å². The van der Waals surface area contributed by atoms with Crippen LogP contribution in [0, 0.1) is 0 Å². The molecule has 1 aliphatic rings. The van der Waals surface area contributed by atoms with E-state index in [1.807, 2.05) is 12.1 Å². The van der Waals surface area contributed by atoms with Gasteiger partial charge in [0, 0.05) is 37.7 Å². The third-order valence-electron chi connectivity index (χ3n) is 4.23. The van der Waals surface area contributed by atoms with Crippen LogP contribution in [0.3, 0.4) is 0 Å². The van der Waals surface area contributed by atoms with Crippen molar-refractivity contribution < 1.29 is 19.1 Å². The van der Waals surface area contributed by atoms with Gasteiger partial charge in [0.25, 0.3) is 0 Å². The molecule has 1 fully saturated rings. The molecule has 1 aromatic carbocycles. The molecule has 1 heterocycles. The monoisotopic (exact) mass is 369 g/mol. The van der Waals surface area contributed by atoms with E-state index < -0.39 is 6.09 Å². The normalized spacial score (nSPS) is 16.9. The van der Waals surface area contributed by atoms with Gasteiger partial charge in [-0.15, -0.1) is 0 Å². The molecule has 7 nitrogen and oxygen atoms in total. The van der Waals surface area contributed by atoms with Crippen LogP contribution in [-0.4, -0.2) is 74.3 Å². The van der Waals surface area contributed by atoms with Gasteiger partial charge in [0.05, 0.1) is 13.2 Å². The summed E-state index contributed by atoms with van der Waals surface area (Å²) >= 11 is 5.84. The molecule has 0 saturated carbocycles. The zero-order chi connectivity index (χ0) is 18.2. The Hall–Kier alpha value is -1.83. The quantitative estimate of drug-likeness (QED) is 0.821. The lowest BCUT2D eigenvalue weighted by Gasteiger charge is -2.37. The molecule has 2 amide bonds. The van der Waals surface area contributed by atoms with Crippen LogP contribution in [0.5, 0.6) is 5.75 Å². The molecule has 8 heteroatoms. The van der Waals surface area contributed by atoms with E-state index in [0.717, 1.165) is 38.5 Å². The molecule has 0 aliphatic carbocycles. The predicted octanol–water partition coefficient (Wildman–Crippen LogP) is 1.61. The average Bonchev–Trinajstić information content (AvgIpc) is 2.63. The summed E-state index contributed by atoms with van der Waals surface area (Å²) in [7, 11) is 1.23. The van der Waals surface area contributed by atoms with Crippen LogP contribution in [0.2, 0.25) is 5.02 Å². The zero-order valence-electron chi connectivity index (χ0n) is 14.5. The first-order valence-corrected chi connectivity index (χ1v) is 8.61. The number of imide groups is 1. The second-order valence-electron chi connectivity index (χ2n) is 5.84. The van der Waals surface area contributed by atoms with Gasteiger partial charge in [-0.3, -0.25) is 19.9 Å². The Labute approximate surface area is 152 Å². The van der Waals surface area contributed by atoms with Crippen LogP contribution < -0.4 is 10.1 Å². The van der Waals surface area contributed by atoms with Crippen LogP contribution in [0.15, 0.2) is 24.3 Å². The number of alkyl carbamates (subject to hydrolysis) is 1. The van der Waals surface area contributed by atoms with Crippen molar-refractivity contribution in [1.82, 2.24) is 15.1 Å². The highest BCUT2D eigenvalue weighted by atomic mass is 35.5. The van der Waals surface area contributed by atoms with E-state index in [2.05, 4.69) is 19.9 Å². The molecular weight excluding hydrogens is 346 g/mol. The smallest absolute Gasteiger partial charge is 0.413 e. The standard InChI is InChI=1S/C17H24ClN3O4/c1-13(16(22)19-17(23)24-2)21-9-7-20(8-10-21)11-12-25-15-5-3-14(18)4-6-15/h3-6,13H,7-12H2,1-2H3,(H,19,22,23)/t13-/m0/s1. The number of piperazine rings is 1. The van der Waals surface area contributed by atoms with Gasteiger partial charge in [-0.2, -0.15) is 0 Å². The summed E-state index contributed by atoms with van der Waals surface area (Å²) in [6, 6.07) is 6.93. The lowest BCUT2D eigenvalue weighted by atomic mass is 10.2. The van der Waals surface area contributed by atoms with Crippen LogP contribution in [0.25, 0.3) is 0 Å². The molecule has 2 rings (SSSR count). The number of ether oxygens (including phenoxy) is 2. The van der Waals surface area contributed by atoms with Crippen LogP contribution in [-0.2, 0) is 9.53 Å². The van der Waals surface area contributed by atoms with E-state index in [0.29, 0.717) is 11.6 Å². The highest BCUT2D eigenvalue weighted by Crippen LogP contribution is 2.15. The molecule has 1 saturated heterocycles. The van der Waals surface area contributed by atoms with E-state index in [9.17, 15) is 9.59 Å². The average molecular weight is 370 g/mol. The number of hydrogen-bond acceptors (Lipinski definition) is 6. The topological polar surface area (TPSA) is 71.1 Å². The molecule has 25 heavy (non-hydrogen) atoms. The number of halogens is 1. The molecule has 0 radical (unpaired) electrons. The minimum atomic E-state index is -0.727. The predicted molar refractivity (Wildman–Crippen MR) is 95.0 cm³/mol. The maximum absolute atomic E-state index is 11.9. The van der Waals surface area contributed by atoms with Crippen molar-refractivity contribution in [2.24, 2.45) is 0 Å². The van der Waals surface area contributed by atoms with Crippen molar-refractivity contribution in [1.29, 1.82) is 0 Å². The van der Waals surface area contributed by atoms with Gasteiger partial charge in [0.1, 0.15) is 12.4 Å². The van der Waals surface area contributed by atoms with Gasteiger partial charge >= 0.3 is 6.09 Å². The summed E-state index contributed by atoms with van der Waals surface area (Å²) in [5.41, 5.74) is 0. The first kappa shape index (κ1) is 19.5. The summed E-state index contributed by atoms with van der Waals surface area (Å²) in [4.78, 5) is 27.4. The minimum Gasteiger partial charge on any atom is -0.492 e. The third kappa shape index (κ3) is 6.19. The molecule has 0 unspecified atom stereocenters. The van der Waals surface area contributed by atoms with E-state index in [4.69, 9.17) is 16.3 Å². The highest BCUT2D eigenvalue weighted by molar-refractivity contribution is 6.30. The second kappa shape index (κ2) is 9.60. The van der Waals surface area contributed by atoms with Gasteiger partial charge in [-0.25, -0.2) is 4.79 Å². The lowest BCUT2D eigenvalue weighted by Crippen LogP contribution is -2.54. The SMILES string of the molecule is COC(=O)NC(=O)[C@H](C)N1CCN(CCOc2ccc(Cl)cc2)CC1. The van der Waals surface area contributed by atoms with Crippen LogP contribution in [0.4, 0.5) is 4.79 Å². The summed E-state index contributed by atoms with van der Waals surface area (Å²) in [6.45, 7) is 6.42. The Morgan fingerprint density at radius 1 is 1.20 bits per heavy atom. The van der Waals surface area contributed by atoms with Crippen molar-refractivity contribution in [3.63, 3.8) is 0 Å². The van der Waals surface area contributed by atoms with Gasteiger partial charge in [0.15, 0.2) is 0 Å². The number of rotatable bonds is 6. The first-order chi connectivity index (χ1) is 12.0. The van der Waals surface area contributed by atoms with Gasteiger partial charge in [-0.05, 0) is 31.2 Å². The molecule has 1 aromatic rings. The number of carbonyl (C=O) groups is 2. The second-order valence-corrected chi connectivity index (χ2v) is 6.27. The molecule has 1 atom stereocenters. The molecule has 1 aliphatic heterocycles. The highest BCUT2D eigenvalue weighted by Gasteiger charge is 2.26. The number of benzene rings is 1. The number of methoxy groups -OCH3 is 1. The van der Waals surface area contributed by atoms with E-state index in [1.54, 1.807) is 19.1 Å². The summed E-state index contributed by atoms with van der Waals surface area (Å²) in [6.07, 6.45) is -0.727. The number of nitrogens with one attached hydrogen (secondary N) is 1. The number of amides is 2. The fourth-order valence-corrected chi connectivity index (χ4v) is 2.75. The Balaban J connectivity index is 1.67. The van der Waals surface area contributed by atoms with Gasteiger partial charge < -0.3 is 9.47 Å². The maximum atomic E-state index is 11.9. The summed E-state index contributed by atoms with van der Waals surface area (Å²) < 4.78 is 10.1. The van der Waals surface area contributed by atoms with Crippen LogP contribution in [0.1, 0.15) is 6.92 Å². The number of nitrogens with zero attached hydrogens (tertiary/aromatic N) is 2. The molecule has 0 aromatic heterocycles. The Morgan fingerprint density at radius 3 is 2.44 bits per heavy atom. The van der Waals surface area contributed by atoms with Crippen molar-refractivity contribution in [3.05, 3.63) is 29.3 Å². The molecule has 0 spiro atoms. The van der Waals surface area contributed by atoms with Crippen LogP contribution >= 0.6 is 11.6 Å². The van der Waals surface area contributed by atoms with Gasteiger partial charge in [-0.1, -0.05) is 11.6 Å². The lowest BCUT2D eigenvalue weighted by molar-refractivity contribution is -0.125. The largest absolute Gasteiger partial charge is 0.492 e. The Bertz CT molecular complexity index is 574. The van der Waals surface area contributed by atoms with Crippen molar-refractivity contribution >= 4 is 23.6 Å². The van der Waals surface area contributed by atoms with Crippen molar-refractivity contribution in [3.8, 4) is 5.75 Å². The Morgan fingerprint density at radius 2 is 1.84 bits per heavy atom. The maximum Gasteiger partial charge on any atom is 0.413 e. The summed E-state index contributed by atoms with van der Waals surface area (Å²) in [5.74, 6) is 0.461. The third-order valence-corrected chi connectivity index (χ3v) is 4.49. The Kier molecular flexibility index (Phi) is 7.49. The minimum absolute atomic E-state index is 0.341.